The van der Waals surface area contributed by atoms with Crippen LogP contribution < -0.4 is 10.2 Å². The van der Waals surface area contributed by atoms with Crippen molar-refractivity contribution in [2.24, 2.45) is 0 Å². The molecule has 1 atom stereocenters. The zero-order valence-electron chi connectivity index (χ0n) is 11.2. The number of H-pyrrole nitrogens is 1. The number of anilines is 1. The summed E-state index contributed by atoms with van der Waals surface area (Å²) in [6.45, 7) is 3.47. The molecule has 2 aliphatic heterocycles. The molecule has 2 aliphatic rings. The Labute approximate surface area is 113 Å². The average molecular weight is 256 g/mol. The number of rotatable bonds is 1. The van der Waals surface area contributed by atoms with Gasteiger partial charge in [0.1, 0.15) is 5.65 Å². The smallest absolute Gasteiger partial charge is 0.139 e. The maximum absolute atomic E-state index is 4.38. The van der Waals surface area contributed by atoms with Crippen molar-refractivity contribution in [2.45, 2.75) is 31.2 Å². The van der Waals surface area contributed by atoms with Crippen LogP contribution in [0.25, 0.3) is 11.0 Å². The summed E-state index contributed by atoms with van der Waals surface area (Å²) in [5, 5.41) is 5.02. The van der Waals surface area contributed by atoms with Gasteiger partial charge in [0.05, 0.1) is 0 Å². The van der Waals surface area contributed by atoms with Gasteiger partial charge in [-0.2, -0.15) is 0 Å². The van der Waals surface area contributed by atoms with Gasteiger partial charge in [0.25, 0.3) is 0 Å². The average Bonchev–Trinajstić information content (AvgIpc) is 3.06. The van der Waals surface area contributed by atoms with Gasteiger partial charge in [-0.15, -0.1) is 0 Å². The Morgan fingerprint density at radius 1 is 1.21 bits per heavy atom. The Hall–Kier alpha value is -1.55. The van der Waals surface area contributed by atoms with E-state index in [1.807, 2.05) is 12.4 Å². The molecule has 2 N–H and O–H groups in total. The third-order valence-corrected chi connectivity index (χ3v) is 4.71. The normalized spacial score (nSPS) is 27.5. The first-order chi connectivity index (χ1) is 9.36. The summed E-state index contributed by atoms with van der Waals surface area (Å²) < 4.78 is 0. The molecule has 2 aromatic rings. The van der Waals surface area contributed by atoms with E-state index in [1.165, 1.54) is 43.3 Å². The first-order valence-electron chi connectivity index (χ1n) is 7.28. The maximum atomic E-state index is 4.38. The lowest BCUT2D eigenvalue weighted by molar-refractivity contribution is 0.280. The minimum Gasteiger partial charge on any atom is -0.369 e. The lowest BCUT2D eigenvalue weighted by atomic mass is 9.88. The molecule has 0 aliphatic carbocycles. The predicted octanol–water partition coefficient (Wildman–Crippen LogP) is 2.29. The van der Waals surface area contributed by atoms with E-state index in [0.717, 1.165) is 18.7 Å². The molecule has 4 nitrogen and oxygen atoms in total. The van der Waals surface area contributed by atoms with E-state index in [-0.39, 0.29) is 0 Å². The fourth-order valence-corrected chi connectivity index (χ4v) is 3.68. The van der Waals surface area contributed by atoms with Crippen molar-refractivity contribution in [3.8, 4) is 0 Å². The number of pyridine rings is 1. The van der Waals surface area contributed by atoms with Crippen LogP contribution in [0.5, 0.6) is 0 Å². The minimum atomic E-state index is 0.365. The van der Waals surface area contributed by atoms with Crippen molar-refractivity contribution in [1.82, 2.24) is 15.3 Å². The molecule has 0 amide bonds. The lowest BCUT2D eigenvalue weighted by Crippen LogP contribution is -2.50. The van der Waals surface area contributed by atoms with Gasteiger partial charge in [0.2, 0.25) is 0 Å². The molecule has 0 saturated carbocycles. The van der Waals surface area contributed by atoms with Gasteiger partial charge >= 0.3 is 0 Å². The van der Waals surface area contributed by atoms with E-state index in [2.05, 4.69) is 32.3 Å². The molecule has 2 saturated heterocycles. The van der Waals surface area contributed by atoms with Gasteiger partial charge in [0, 0.05) is 42.1 Å². The molecule has 4 heterocycles. The Balaban J connectivity index is 1.65. The Morgan fingerprint density at radius 3 is 3.11 bits per heavy atom. The van der Waals surface area contributed by atoms with Gasteiger partial charge in [-0.25, -0.2) is 4.98 Å². The largest absolute Gasteiger partial charge is 0.369 e. The molecule has 2 aromatic heterocycles. The Kier molecular flexibility index (Phi) is 2.52. The molecule has 2 fully saturated rings. The molecule has 0 bridgehead atoms. The molecule has 0 radical (unpaired) electrons. The summed E-state index contributed by atoms with van der Waals surface area (Å²) in [5.74, 6) is 0. The molecular formula is C15H20N4. The topological polar surface area (TPSA) is 44.0 Å². The minimum absolute atomic E-state index is 0.365. The molecule has 19 heavy (non-hydrogen) atoms. The summed E-state index contributed by atoms with van der Waals surface area (Å²) >= 11 is 0. The first kappa shape index (κ1) is 11.3. The number of aromatic nitrogens is 2. The highest BCUT2D eigenvalue weighted by Crippen LogP contribution is 2.34. The van der Waals surface area contributed by atoms with Gasteiger partial charge < -0.3 is 15.2 Å². The van der Waals surface area contributed by atoms with Crippen LogP contribution in [0.2, 0.25) is 0 Å². The van der Waals surface area contributed by atoms with Gasteiger partial charge in [-0.05, 0) is 37.9 Å². The number of aromatic amines is 1. The van der Waals surface area contributed by atoms with E-state index in [1.54, 1.807) is 0 Å². The lowest BCUT2D eigenvalue weighted by Gasteiger charge is -2.35. The summed E-state index contributed by atoms with van der Waals surface area (Å²) in [5.41, 5.74) is 2.69. The number of fused-ring (bicyclic) bond motifs is 1. The Bertz CT molecular complexity index is 583. The second-order valence-electron chi connectivity index (χ2n) is 5.91. The van der Waals surface area contributed by atoms with Crippen molar-refractivity contribution < 1.29 is 0 Å². The molecule has 4 heteroatoms. The number of nitrogens with zero attached hydrogens (tertiary/aromatic N) is 2. The van der Waals surface area contributed by atoms with E-state index in [0.29, 0.717) is 5.54 Å². The third kappa shape index (κ3) is 1.82. The van der Waals surface area contributed by atoms with Crippen molar-refractivity contribution in [2.75, 3.05) is 24.5 Å². The Morgan fingerprint density at radius 2 is 2.21 bits per heavy atom. The monoisotopic (exact) mass is 256 g/mol. The van der Waals surface area contributed by atoms with Crippen LogP contribution in [0.3, 0.4) is 0 Å². The van der Waals surface area contributed by atoms with Crippen LogP contribution in [-0.4, -0.2) is 35.1 Å². The second-order valence-corrected chi connectivity index (χ2v) is 5.91. The molecule has 0 aromatic carbocycles. The highest BCUT2D eigenvalue weighted by atomic mass is 15.2. The van der Waals surface area contributed by atoms with Gasteiger partial charge in [0.15, 0.2) is 0 Å². The summed E-state index contributed by atoms with van der Waals surface area (Å²) in [4.78, 5) is 10.1. The van der Waals surface area contributed by atoms with Crippen LogP contribution in [0, 0.1) is 0 Å². The van der Waals surface area contributed by atoms with Crippen LogP contribution in [0.1, 0.15) is 25.7 Å². The van der Waals surface area contributed by atoms with Crippen LogP contribution >= 0.6 is 0 Å². The van der Waals surface area contributed by atoms with E-state index >= 15 is 0 Å². The zero-order chi connectivity index (χ0) is 12.7. The number of hydrogen-bond donors (Lipinski definition) is 2. The maximum Gasteiger partial charge on any atom is 0.139 e. The standard InChI is InChI=1S/C15H20N4/c1-2-7-18-15(5-1)6-10-19(11-15)13-4-9-17-14-12(13)3-8-16-14/h3-4,8-9,18H,1-2,5-7,10-11H2,(H,16,17)/t15-/m1/s1. The molecule has 4 rings (SSSR count). The van der Waals surface area contributed by atoms with Gasteiger partial charge in [-0.3, -0.25) is 0 Å². The third-order valence-electron chi connectivity index (χ3n) is 4.71. The summed E-state index contributed by atoms with van der Waals surface area (Å²) in [6, 6.07) is 4.29. The molecule has 0 unspecified atom stereocenters. The molecule has 1 spiro atoms. The fraction of sp³-hybridized carbons (Fsp3) is 0.533. The van der Waals surface area contributed by atoms with E-state index in [4.69, 9.17) is 0 Å². The number of piperidine rings is 1. The highest BCUT2D eigenvalue weighted by molar-refractivity contribution is 5.89. The highest BCUT2D eigenvalue weighted by Gasteiger charge is 2.39. The molecule has 100 valence electrons. The fourth-order valence-electron chi connectivity index (χ4n) is 3.68. The van der Waals surface area contributed by atoms with Crippen molar-refractivity contribution in [3.05, 3.63) is 24.5 Å². The van der Waals surface area contributed by atoms with Crippen molar-refractivity contribution in [3.63, 3.8) is 0 Å². The second kappa shape index (κ2) is 4.23. The number of nitrogens with one attached hydrogen (secondary N) is 2. The summed E-state index contributed by atoms with van der Waals surface area (Å²) in [7, 11) is 0. The number of hydrogen-bond acceptors (Lipinski definition) is 3. The first-order valence-corrected chi connectivity index (χ1v) is 7.28. The SMILES string of the molecule is c1cc(N2CC[C@]3(CCCCN3)C2)c2cc[nH]c2n1. The van der Waals surface area contributed by atoms with E-state index in [9.17, 15) is 0 Å². The van der Waals surface area contributed by atoms with Crippen LogP contribution in [0.4, 0.5) is 5.69 Å². The van der Waals surface area contributed by atoms with Gasteiger partial charge in [-0.1, -0.05) is 6.42 Å². The zero-order valence-corrected chi connectivity index (χ0v) is 11.2. The van der Waals surface area contributed by atoms with Crippen LogP contribution in [0.15, 0.2) is 24.5 Å². The van der Waals surface area contributed by atoms with Crippen molar-refractivity contribution >= 4 is 16.7 Å². The quantitative estimate of drug-likeness (QED) is 0.822. The van der Waals surface area contributed by atoms with Crippen molar-refractivity contribution in [1.29, 1.82) is 0 Å². The molecular weight excluding hydrogens is 236 g/mol. The van der Waals surface area contributed by atoms with Crippen LogP contribution in [-0.2, 0) is 0 Å². The predicted molar refractivity (Wildman–Crippen MR) is 77.5 cm³/mol. The summed E-state index contributed by atoms with van der Waals surface area (Å²) in [6.07, 6.45) is 9.18. The van der Waals surface area contributed by atoms with E-state index < -0.39 is 0 Å².